The molecule has 42 heavy (non-hydrogen) atoms. The highest BCUT2D eigenvalue weighted by molar-refractivity contribution is 6.13. The van der Waals surface area contributed by atoms with E-state index in [4.69, 9.17) is 37.9 Å². The van der Waals surface area contributed by atoms with Crippen molar-refractivity contribution in [3.8, 4) is 23.0 Å². The molecular weight excluding hydrogens is 544 g/mol. The smallest absolute Gasteiger partial charge is 0.196 e. The van der Waals surface area contributed by atoms with Crippen molar-refractivity contribution in [2.24, 2.45) is 0 Å². The Kier molecular flexibility index (Phi) is 7.52. The van der Waals surface area contributed by atoms with Crippen LogP contribution in [-0.2, 0) is 18.9 Å². The van der Waals surface area contributed by atoms with Crippen molar-refractivity contribution >= 4 is 11.6 Å². The minimum absolute atomic E-state index is 0.0289. The lowest BCUT2D eigenvalue weighted by atomic mass is 9.97. The number of epoxide rings is 4. The molecule has 7 rings (SSSR count). The van der Waals surface area contributed by atoms with Crippen LogP contribution in [0.15, 0.2) is 60.7 Å². The average Bonchev–Trinajstić information content (AvgIpc) is 3.85. The predicted octanol–water partition coefficient (Wildman–Crippen LogP) is 3.26. The second kappa shape index (κ2) is 11.7. The topological polar surface area (TPSA) is 121 Å². The maximum atomic E-state index is 13.5. The van der Waals surface area contributed by atoms with Gasteiger partial charge in [0.2, 0.25) is 0 Å². The summed E-state index contributed by atoms with van der Waals surface area (Å²) in [4.78, 5) is 27.0. The molecule has 4 atom stereocenters. The van der Waals surface area contributed by atoms with E-state index < -0.39 is 0 Å². The Morgan fingerprint density at radius 3 is 1.19 bits per heavy atom. The molecule has 4 unspecified atom stereocenters. The van der Waals surface area contributed by atoms with Crippen LogP contribution in [0.4, 0.5) is 0 Å². The maximum Gasteiger partial charge on any atom is 0.196 e. The Hall–Kier alpha value is -3.96. The zero-order valence-corrected chi connectivity index (χ0v) is 22.8. The highest BCUT2D eigenvalue weighted by atomic mass is 16.6. The second-order valence-electron chi connectivity index (χ2n) is 10.6. The summed E-state index contributed by atoms with van der Waals surface area (Å²) in [6.45, 7) is 4.24. The number of ketones is 2. The fourth-order valence-corrected chi connectivity index (χ4v) is 4.28. The van der Waals surface area contributed by atoms with Gasteiger partial charge in [0.05, 0.1) is 37.6 Å². The second-order valence-corrected chi connectivity index (χ2v) is 10.6. The van der Waals surface area contributed by atoms with Crippen LogP contribution in [0.5, 0.6) is 23.0 Å². The van der Waals surface area contributed by atoms with Crippen LogP contribution in [0, 0.1) is 0 Å². The number of carbonyl (C=O) groups is 2. The third-order valence-corrected chi connectivity index (χ3v) is 7.14. The van der Waals surface area contributed by atoms with Gasteiger partial charge in [-0.2, -0.15) is 0 Å². The lowest BCUT2D eigenvalue weighted by Crippen LogP contribution is -2.12. The summed E-state index contributed by atoms with van der Waals surface area (Å²) in [5.74, 6) is 1.57. The fraction of sp³-hybridized carbons (Fsp3) is 0.375. The van der Waals surface area contributed by atoms with Gasteiger partial charge in [-0.15, -0.1) is 0 Å². The van der Waals surface area contributed by atoms with Crippen LogP contribution in [0.1, 0.15) is 31.8 Å². The summed E-state index contributed by atoms with van der Waals surface area (Å²) in [6, 6.07) is 16.9. The van der Waals surface area contributed by atoms with E-state index in [2.05, 4.69) is 0 Å². The molecular formula is C32H30O10. The first-order chi connectivity index (χ1) is 20.6. The first kappa shape index (κ1) is 26.9. The van der Waals surface area contributed by atoms with E-state index in [-0.39, 0.29) is 36.0 Å². The number of rotatable bonds is 16. The number of carbonyl (C=O) groups excluding carboxylic acids is 2. The largest absolute Gasteiger partial charge is 0.491 e. The molecule has 0 aromatic heterocycles. The van der Waals surface area contributed by atoms with E-state index >= 15 is 0 Å². The van der Waals surface area contributed by atoms with Gasteiger partial charge in [-0.25, -0.2) is 0 Å². The van der Waals surface area contributed by atoms with Crippen LogP contribution < -0.4 is 18.9 Å². The van der Waals surface area contributed by atoms with Crippen LogP contribution in [0.2, 0.25) is 0 Å². The van der Waals surface area contributed by atoms with Gasteiger partial charge >= 0.3 is 0 Å². The summed E-state index contributed by atoms with van der Waals surface area (Å²) in [5, 5.41) is 0. The van der Waals surface area contributed by atoms with Crippen LogP contribution in [0.25, 0.3) is 0 Å². The molecule has 0 aliphatic carbocycles. The maximum absolute atomic E-state index is 13.5. The summed E-state index contributed by atoms with van der Waals surface area (Å²) >= 11 is 0. The first-order valence-electron chi connectivity index (χ1n) is 14.0. The van der Waals surface area contributed by atoms with Gasteiger partial charge in [-0.3, -0.25) is 9.59 Å². The molecule has 0 amide bonds. The van der Waals surface area contributed by atoms with Gasteiger partial charge in [0, 0.05) is 23.3 Å². The van der Waals surface area contributed by atoms with Crippen molar-refractivity contribution in [2.45, 2.75) is 24.4 Å². The lowest BCUT2D eigenvalue weighted by molar-refractivity contribution is 0.102. The highest BCUT2D eigenvalue weighted by Crippen LogP contribution is 2.31. The molecule has 10 nitrogen and oxygen atoms in total. The van der Waals surface area contributed by atoms with Crippen molar-refractivity contribution in [1.82, 2.24) is 0 Å². The molecule has 0 N–H and O–H groups in total. The van der Waals surface area contributed by atoms with Crippen LogP contribution in [-0.4, -0.2) is 88.8 Å². The molecule has 0 radical (unpaired) electrons. The minimum Gasteiger partial charge on any atom is -0.491 e. The summed E-state index contributed by atoms with van der Waals surface area (Å²) in [5.41, 5.74) is 1.64. The van der Waals surface area contributed by atoms with E-state index in [0.29, 0.717) is 98.1 Å². The standard InChI is InChI=1S/C32H30O10/c33-31(27-7-5-21(35-11-23-13-37-23)9-29(27)41-17-25-15-39-25)19-1-2-20(4-3-19)32(34)28-8-6-22(36-12-24-14-38-24)10-30(28)42-18-26-16-40-26/h1-10,23-26H,11-18H2. The molecule has 218 valence electrons. The zero-order chi connectivity index (χ0) is 28.5. The Bertz CT molecular complexity index is 1340. The Labute approximate surface area is 242 Å². The molecule has 4 fully saturated rings. The normalized spacial score (nSPS) is 23.0. The molecule has 4 aliphatic heterocycles. The molecule has 10 heteroatoms. The van der Waals surface area contributed by atoms with Gasteiger partial charge in [0.1, 0.15) is 73.8 Å². The van der Waals surface area contributed by atoms with Gasteiger partial charge in [-0.05, 0) is 24.3 Å². The Balaban J connectivity index is 1.07. The molecule has 0 saturated carbocycles. The Morgan fingerprint density at radius 1 is 0.524 bits per heavy atom. The van der Waals surface area contributed by atoms with Crippen molar-refractivity contribution in [3.63, 3.8) is 0 Å². The molecule has 3 aromatic rings. The summed E-state index contributed by atoms with van der Waals surface area (Å²) in [7, 11) is 0. The van der Waals surface area contributed by atoms with Gasteiger partial charge in [0.25, 0.3) is 0 Å². The Morgan fingerprint density at radius 2 is 0.857 bits per heavy atom. The fourth-order valence-electron chi connectivity index (χ4n) is 4.28. The number of benzene rings is 3. The lowest BCUT2D eigenvalue weighted by Gasteiger charge is -2.14. The molecule has 0 spiro atoms. The van der Waals surface area contributed by atoms with E-state index in [1.54, 1.807) is 60.7 Å². The highest BCUT2D eigenvalue weighted by Gasteiger charge is 2.28. The first-order valence-corrected chi connectivity index (χ1v) is 14.0. The monoisotopic (exact) mass is 574 g/mol. The predicted molar refractivity (Wildman–Crippen MR) is 147 cm³/mol. The molecule has 3 aromatic carbocycles. The van der Waals surface area contributed by atoms with E-state index in [1.807, 2.05) is 0 Å². The molecule has 4 aliphatic rings. The third-order valence-electron chi connectivity index (χ3n) is 7.14. The summed E-state index contributed by atoms with van der Waals surface area (Å²) in [6.07, 6.45) is 0.281. The van der Waals surface area contributed by atoms with Crippen molar-refractivity contribution < 1.29 is 47.5 Å². The van der Waals surface area contributed by atoms with Gasteiger partial charge in [0.15, 0.2) is 11.6 Å². The van der Waals surface area contributed by atoms with Crippen LogP contribution in [0.3, 0.4) is 0 Å². The van der Waals surface area contributed by atoms with Crippen molar-refractivity contribution in [1.29, 1.82) is 0 Å². The number of hydrogen-bond donors (Lipinski definition) is 0. The van der Waals surface area contributed by atoms with E-state index in [0.717, 1.165) is 0 Å². The number of hydrogen-bond acceptors (Lipinski definition) is 10. The average molecular weight is 575 g/mol. The quantitative estimate of drug-likeness (QED) is 0.186. The zero-order valence-electron chi connectivity index (χ0n) is 22.8. The third kappa shape index (κ3) is 6.91. The molecule has 4 saturated heterocycles. The molecule has 4 heterocycles. The van der Waals surface area contributed by atoms with Gasteiger partial charge in [-0.1, -0.05) is 24.3 Å². The summed E-state index contributed by atoms with van der Waals surface area (Å²) < 4.78 is 44.4. The van der Waals surface area contributed by atoms with E-state index in [9.17, 15) is 9.59 Å². The van der Waals surface area contributed by atoms with Crippen LogP contribution >= 0.6 is 0 Å². The van der Waals surface area contributed by atoms with E-state index in [1.165, 1.54) is 0 Å². The SMILES string of the molecule is O=C(c1ccc(C(=O)c2ccc(OCC3CO3)cc2OCC2CO2)cc1)c1ccc(OCC2CO2)cc1OCC1CO1. The van der Waals surface area contributed by atoms with Crippen molar-refractivity contribution in [3.05, 3.63) is 82.9 Å². The molecule has 0 bridgehead atoms. The van der Waals surface area contributed by atoms with Gasteiger partial charge < -0.3 is 37.9 Å². The minimum atomic E-state index is -0.229. The number of ether oxygens (including phenoxy) is 8. The van der Waals surface area contributed by atoms with Crippen molar-refractivity contribution in [2.75, 3.05) is 52.9 Å².